The third kappa shape index (κ3) is 4.81. The van der Waals surface area contributed by atoms with Crippen LogP contribution in [0.1, 0.15) is 28.0 Å². The van der Waals surface area contributed by atoms with E-state index in [-0.39, 0.29) is 24.0 Å². The van der Waals surface area contributed by atoms with Crippen LogP contribution in [0.3, 0.4) is 0 Å². The second-order valence-electron chi connectivity index (χ2n) is 7.65. The van der Waals surface area contributed by atoms with Crippen molar-refractivity contribution in [2.45, 2.75) is 25.4 Å². The Kier molecular flexibility index (Phi) is 6.39. The number of nitrogens with zero attached hydrogens (tertiary/aromatic N) is 2. The van der Waals surface area contributed by atoms with Crippen molar-refractivity contribution < 1.29 is 23.5 Å². The van der Waals surface area contributed by atoms with Gasteiger partial charge in [0, 0.05) is 23.6 Å². The van der Waals surface area contributed by atoms with Crippen LogP contribution in [0.5, 0.6) is 0 Å². The predicted octanol–water partition coefficient (Wildman–Crippen LogP) is 3.44. The quantitative estimate of drug-likeness (QED) is 0.689. The fourth-order valence-corrected chi connectivity index (χ4v) is 5.03. The van der Waals surface area contributed by atoms with Crippen LogP contribution in [0.15, 0.2) is 29.1 Å². The lowest BCUT2D eigenvalue weighted by atomic mass is 9.88. The Bertz CT molecular complexity index is 1010. The molecule has 9 heteroatoms. The maximum atomic E-state index is 12.3. The smallest absolute Gasteiger partial charge is 0.409 e. The van der Waals surface area contributed by atoms with E-state index in [1.807, 2.05) is 0 Å². The van der Waals surface area contributed by atoms with Gasteiger partial charge in [0.25, 0.3) is 0 Å². The van der Waals surface area contributed by atoms with Crippen LogP contribution in [0.4, 0.5) is 9.80 Å². The van der Waals surface area contributed by atoms with Crippen molar-refractivity contribution >= 4 is 34.4 Å². The summed E-state index contributed by atoms with van der Waals surface area (Å²) in [5.74, 6) is -0.101. The highest BCUT2D eigenvalue weighted by Crippen LogP contribution is 2.39. The molecule has 0 aromatic carbocycles. The summed E-state index contributed by atoms with van der Waals surface area (Å²) in [5, 5.41) is 13.0. The zero-order valence-electron chi connectivity index (χ0n) is 17.1. The fourth-order valence-electron chi connectivity index (χ4n) is 3.71. The summed E-state index contributed by atoms with van der Waals surface area (Å²) in [5.41, 5.74) is 2.32. The first-order valence-electron chi connectivity index (χ1n) is 10.1. The zero-order valence-corrected chi connectivity index (χ0v) is 17.9. The van der Waals surface area contributed by atoms with Crippen LogP contribution in [0.25, 0.3) is 6.08 Å². The standard InChI is InChI=1S/C22H23N3O5S/c1-28-16-10-25(11-16)22(27)30-13-15-2-4-17-18(9-23)21(31-19(17)8-15)24-20(26)5-3-14-6-7-29-12-14/h3,5-7,12,15-16H,2,4,8,10-11,13H2,1H3,(H,24,26)/b5-3+. The molecule has 1 aliphatic carbocycles. The average Bonchev–Trinajstić information content (AvgIpc) is 3.36. The van der Waals surface area contributed by atoms with Gasteiger partial charge in [-0.15, -0.1) is 11.3 Å². The molecule has 8 nitrogen and oxygen atoms in total. The number of furan rings is 1. The van der Waals surface area contributed by atoms with E-state index in [4.69, 9.17) is 13.9 Å². The van der Waals surface area contributed by atoms with Crippen molar-refractivity contribution in [2.75, 3.05) is 32.1 Å². The molecule has 2 amide bonds. The molecule has 2 aromatic heterocycles. The molecular formula is C22H23N3O5S. The molecule has 0 bridgehead atoms. The Labute approximate surface area is 184 Å². The van der Waals surface area contributed by atoms with Gasteiger partial charge in [-0.05, 0) is 42.9 Å². The Morgan fingerprint density at radius 1 is 1.45 bits per heavy atom. The Morgan fingerprint density at radius 2 is 2.29 bits per heavy atom. The van der Waals surface area contributed by atoms with Crippen LogP contribution in [0.2, 0.25) is 0 Å². The number of anilines is 1. The van der Waals surface area contributed by atoms with E-state index < -0.39 is 0 Å². The summed E-state index contributed by atoms with van der Waals surface area (Å²) in [4.78, 5) is 27.1. The maximum absolute atomic E-state index is 12.3. The van der Waals surface area contributed by atoms with E-state index in [2.05, 4.69) is 11.4 Å². The molecular weight excluding hydrogens is 418 g/mol. The van der Waals surface area contributed by atoms with E-state index in [0.717, 1.165) is 35.3 Å². The largest absolute Gasteiger partial charge is 0.472 e. The van der Waals surface area contributed by atoms with Crippen LogP contribution in [0, 0.1) is 17.2 Å². The predicted molar refractivity (Wildman–Crippen MR) is 115 cm³/mol. The molecule has 0 radical (unpaired) electrons. The van der Waals surface area contributed by atoms with E-state index in [1.54, 1.807) is 30.4 Å². The fraction of sp³-hybridized carbons (Fsp3) is 0.409. The van der Waals surface area contributed by atoms with Gasteiger partial charge in [-0.25, -0.2) is 4.79 Å². The van der Waals surface area contributed by atoms with Crippen LogP contribution < -0.4 is 5.32 Å². The summed E-state index contributed by atoms with van der Waals surface area (Å²) in [6.45, 7) is 1.48. The molecule has 1 fully saturated rings. The van der Waals surface area contributed by atoms with Gasteiger partial charge in [0.05, 0.1) is 43.9 Å². The first kappa shape index (κ1) is 21.2. The first-order chi connectivity index (χ1) is 15.1. The van der Waals surface area contributed by atoms with Gasteiger partial charge in [0.2, 0.25) is 5.91 Å². The monoisotopic (exact) mass is 441 g/mol. The Hall–Kier alpha value is -3.09. The number of methoxy groups -OCH3 is 1. The molecule has 31 heavy (non-hydrogen) atoms. The summed E-state index contributed by atoms with van der Waals surface area (Å²) in [6, 6.07) is 3.99. The van der Waals surface area contributed by atoms with Crippen molar-refractivity contribution in [2.24, 2.45) is 5.92 Å². The van der Waals surface area contributed by atoms with E-state index in [9.17, 15) is 14.9 Å². The Morgan fingerprint density at radius 3 is 3.00 bits per heavy atom. The molecule has 1 N–H and O–H groups in total. The van der Waals surface area contributed by atoms with Gasteiger partial charge in [-0.3, -0.25) is 4.79 Å². The molecule has 4 rings (SSSR count). The number of hydrogen-bond donors (Lipinski definition) is 1. The maximum Gasteiger partial charge on any atom is 0.409 e. The van der Waals surface area contributed by atoms with Crippen molar-refractivity contribution in [3.63, 3.8) is 0 Å². The number of amides is 2. The second-order valence-corrected chi connectivity index (χ2v) is 8.75. The number of ether oxygens (including phenoxy) is 2. The molecule has 1 aliphatic heterocycles. The van der Waals surface area contributed by atoms with Gasteiger partial charge >= 0.3 is 6.09 Å². The lowest BCUT2D eigenvalue weighted by Crippen LogP contribution is -2.54. The lowest BCUT2D eigenvalue weighted by molar-refractivity contribution is -0.111. The highest BCUT2D eigenvalue weighted by molar-refractivity contribution is 7.16. The third-order valence-electron chi connectivity index (χ3n) is 5.57. The number of hydrogen-bond acceptors (Lipinski definition) is 7. The molecule has 1 saturated heterocycles. The minimum atomic E-state index is -0.305. The number of carbonyl (C=O) groups is 2. The van der Waals surface area contributed by atoms with Crippen molar-refractivity contribution in [1.82, 2.24) is 4.90 Å². The molecule has 2 aliphatic rings. The molecule has 2 aromatic rings. The Balaban J connectivity index is 1.34. The van der Waals surface area contributed by atoms with E-state index >= 15 is 0 Å². The second kappa shape index (κ2) is 9.37. The van der Waals surface area contributed by atoms with Crippen LogP contribution in [-0.4, -0.2) is 49.8 Å². The SMILES string of the molecule is COC1CN(C(=O)OCC2CCc3c(sc(NC(=O)/C=C/c4ccoc4)c3C#N)C2)C1. The van der Waals surface area contributed by atoms with Crippen molar-refractivity contribution in [3.8, 4) is 6.07 Å². The number of nitrogens with one attached hydrogen (secondary N) is 1. The summed E-state index contributed by atoms with van der Waals surface area (Å²) in [7, 11) is 1.63. The average molecular weight is 442 g/mol. The third-order valence-corrected chi connectivity index (χ3v) is 6.74. The number of fused-ring (bicyclic) bond motifs is 1. The number of carbonyl (C=O) groups excluding carboxylic acids is 2. The molecule has 3 heterocycles. The molecule has 1 unspecified atom stereocenters. The number of rotatable bonds is 6. The first-order valence-corrected chi connectivity index (χ1v) is 10.9. The highest BCUT2D eigenvalue weighted by Gasteiger charge is 2.33. The number of nitriles is 1. The van der Waals surface area contributed by atoms with E-state index in [0.29, 0.717) is 30.3 Å². The normalized spacial score (nSPS) is 18.3. The van der Waals surface area contributed by atoms with Gasteiger partial charge in [0.15, 0.2) is 0 Å². The van der Waals surface area contributed by atoms with Crippen molar-refractivity contribution in [1.29, 1.82) is 5.26 Å². The number of likely N-dealkylation sites (tertiary alicyclic amines) is 1. The van der Waals surface area contributed by atoms with Gasteiger partial charge in [-0.1, -0.05) is 0 Å². The summed E-state index contributed by atoms with van der Waals surface area (Å²) in [6.07, 6.45) is 8.22. The molecule has 0 spiro atoms. The van der Waals surface area contributed by atoms with Crippen molar-refractivity contribution in [3.05, 3.63) is 46.2 Å². The van der Waals surface area contributed by atoms with Gasteiger partial charge in [0.1, 0.15) is 11.1 Å². The summed E-state index contributed by atoms with van der Waals surface area (Å²) < 4.78 is 15.6. The topological polar surface area (TPSA) is 105 Å². The zero-order chi connectivity index (χ0) is 21.8. The number of thiophene rings is 1. The van der Waals surface area contributed by atoms with Gasteiger partial charge < -0.3 is 24.1 Å². The van der Waals surface area contributed by atoms with Gasteiger partial charge in [-0.2, -0.15) is 5.26 Å². The minimum Gasteiger partial charge on any atom is -0.472 e. The molecule has 1 atom stereocenters. The minimum absolute atomic E-state index is 0.100. The lowest BCUT2D eigenvalue weighted by Gasteiger charge is -2.37. The van der Waals surface area contributed by atoms with Crippen LogP contribution >= 0.6 is 11.3 Å². The van der Waals surface area contributed by atoms with Crippen LogP contribution in [-0.2, 0) is 27.1 Å². The van der Waals surface area contributed by atoms with E-state index in [1.165, 1.54) is 23.7 Å². The molecule has 0 saturated carbocycles. The highest BCUT2D eigenvalue weighted by atomic mass is 32.1. The molecule has 162 valence electrons. The summed E-state index contributed by atoms with van der Waals surface area (Å²) >= 11 is 1.43.